The molecule has 6 heteroatoms. The van der Waals surface area contributed by atoms with Gasteiger partial charge < -0.3 is 5.32 Å². The normalized spacial score (nSPS) is 19.7. The number of halogens is 4. The summed E-state index contributed by atoms with van der Waals surface area (Å²) >= 11 is 2.99. The highest BCUT2D eigenvalue weighted by Gasteiger charge is 2.64. The van der Waals surface area contributed by atoms with Crippen LogP contribution in [0.2, 0.25) is 0 Å². The summed E-state index contributed by atoms with van der Waals surface area (Å²) in [5.41, 5.74) is -1.91. The molecular weight excluding hydrogens is 251 g/mol. The van der Waals surface area contributed by atoms with Gasteiger partial charge in [0.25, 0.3) is 0 Å². The van der Waals surface area contributed by atoms with Crippen LogP contribution in [0, 0.1) is 0 Å². The van der Waals surface area contributed by atoms with Crippen molar-refractivity contribution in [2.24, 2.45) is 0 Å². The molecule has 0 radical (unpaired) electrons. The zero-order valence-corrected chi connectivity index (χ0v) is 8.33. The summed E-state index contributed by atoms with van der Waals surface area (Å²) in [6, 6.07) is 0. The largest absolute Gasteiger partial charge is 0.411 e. The lowest BCUT2D eigenvalue weighted by atomic mass is 10.2. The van der Waals surface area contributed by atoms with E-state index < -0.39 is 17.6 Å². The maximum Gasteiger partial charge on any atom is 0.411 e. The molecule has 0 bridgehead atoms. The van der Waals surface area contributed by atoms with Crippen LogP contribution in [0.25, 0.3) is 0 Å². The van der Waals surface area contributed by atoms with Gasteiger partial charge in [-0.15, -0.1) is 0 Å². The maximum atomic E-state index is 12.3. The molecule has 0 spiro atoms. The summed E-state index contributed by atoms with van der Waals surface area (Å²) in [5, 5.41) is 2.40. The fourth-order valence-electron chi connectivity index (χ4n) is 1.02. The van der Waals surface area contributed by atoms with E-state index in [0.717, 1.165) is 0 Å². The van der Waals surface area contributed by atoms with Gasteiger partial charge >= 0.3 is 6.18 Å². The third kappa shape index (κ3) is 2.36. The van der Waals surface area contributed by atoms with Crippen LogP contribution in [-0.2, 0) is 4.79 Å². The van der Waals surface area contributed by atoms with Gasteiger partial charge in [-0.25, -0.2) is 0 Å². The number of nitrogens with one attached hydrogen (secondary N) is 1. The van der Waals surface area contributed by atoms with Gasteiger partial charge in [-0.05, 0) is 12.8 Å². The van der Waals surface area contributed by atoms with Crippen molar-refractivity contribution in [2.45, 2.75) is 31.0 Å². The predicted octanol–water partition coefficient (Wildman–Crippen LogP) is 1.98. The van der Waals surface area contributed by atoms with Crippen LogP contribution in [0.15, 0.2) is 0 Å². The van der Waals surface area contributed by atoms with Crippen LogP contribution in [0.4, 0.5) is 13.2 Å². The van der Waals surface area contributed by atoms with Gasteiger partial charge in [-0.1, -0.05) is 15.9 Å². The number of carbonyl (C=O) groups excluding carboxylic acids is 1. The first-order valence-electron chi connectivity index (χ1n) is 3.85. The zero-order valence-electron chi connectivity index (χ0n) is 6.75. The van der Waals surface area contributed by atoms with Gasteiger partial charge in [0.05, 0.1) is 0 Å². The summed E-state index contributed by atoms with van der Waals surface area (Å²) in [6.07, 6.45) is -4.22. The minimum Gasteiger partial charge on any atom is -0.342 e. The first-order chi connectivity index (χ1) is 5.91. The third-order valence-corrected chi connectivity index (χ3v) is 2.39. The fraction of sp³-hybridized carbons (Fsp3) is 0.857. The van der Waals surface area contributed by atoms with E-state index in [1.54, 1.807) is 0 Å². The van der Waals surface area contributed by atoms with Gasteiger partial charge in [0.15, 0.2) is 0 Å². The van der Waals surface area contributed by atoms with Crippen molar-refractivity contribution >= 4 is 21.8 Å². The topological polar surface area (TPSA) is 29.1 Å². The van der Waals surface area contributed by atoms with Crippen LogP contribution >= 0.6 is 15.9 Å². The molecule has 1 saturated carbocycles. The molecule has 0 unspecified atom stereocenters. The molecule has 0 atom stereocenters. The Morgan fingerprint density at radius 1 is 1.46 bits per heavy atom. The number of carbonyl (C=O) groups is 1. The highest BCUT2D eigenvalue weighted by Crippen LogP contribution is 2.48. The van der Waals surface area contributed by atoms with Gasteiger partial charge in [-0.2, -0.15) is 13.2 Å². The van der Waals surface area contributed by atoms with E-state index in [1.807, 2.05) is 5.32 Å². The maximum absolute atomic E-state index is 12.3. The first-order valence-corrected chi connectivity index (χ1v) is 4.97. The second kappa shape index (κ2) is 3.48. The SMILES string of the molecule is O=C(CCBr)NC1(C(F)(F)F)CC1. The van der Waals surface area contributed by atoms with Gasteiger partial charge in [-0.3, -0.25) is 4.79 Å². The fourth-order valence-corrected chi connectivity index (χ4v) is 1.38. The van der Waals surface area contributed by atoms with Crippen LogP contribution in [-0.4, -0.2) is 23.0 Å². The van der Waals surface area contributed by atoms with E-state index in [2.05, 4.69) is 15.9 Å². The van der Waals surface area contributed by atoms with Crippen molar-refractivity contribution in [1.82, 2.24) is 5.32 Å². The molecule has 13 heavy (non-hydrogen) atoms. The van der Waals surface area contributed by atoms with Crippen molar-refractivity contribution in [3.8, 4) is 0 Å². The summed E-state index contributed by atoms with van der Waals surface area (Å²) in [7, 11) is 0. The van der Waals surface area contributed by atoms with E-state index in [9.17, 15) is 18.0 Å². The van der Waals surface area contributed by atoms with Gasteiger partial charge in [0.1, 0.15) is 5.54 Å². The third-order valence-electron chi connectivity index (χ3n) is 1.99. The van der Waals surface area contributed by atoms with Crippen molar-refractivity contribution in [1.29, 1.82) is 0 Å². The molecule has 0 aliphatic heterocycles. The number of rotatable bonds is 3. The Balaban J connectivity index is 2.49. The lowest BCUT2D eigenvalue weighted by molar-refractivity contribution is -0.170. The molecule has 1 fully saturated rings. The van der Waals surface area contributed by atoms with Gasteiger partial charge in [0.2, 0.25) is 5.91 Å². The van der Waals surface area contributed by atoms with Crippen molar-refractivity contribution in [2.75, 3.05) is 5.33 Å². The molecule has 1 aliphatic rings. The molecule has 1 amide bonds. The second-order valence-electron chi connectivity index (χ2n) is 3.07. The van der Waals surface area contributed by atoms with Crippen LogP contribution < -0.4 is 5.32 Å². The van der Waals surface area contributed by atoms with Crippen molar-refractivity contribution < 1.29 is 18.0 Å². The van der Waals surface area contributed by atoms with Crippen molar-refractivity contribution in [3.05, 3.63) is 0 Å². The Bertz CT molecular complexity index is 212. The average Bonchev–Trinajstić information content (AvgIpc) is 2.67. The average molecular weight is 260 g/mol. The second-order valence-corrected chi connectivity index (χ2v) is 3.86. The Hall–Kier alpha value is -0.260. The molecule has 1 aliphatic carbocycles. The standard InChI is InChI=1S/C7H9BrF3NO/c8-4-1-5(13)12-6(2-3-6)7(9,10)11/h1-4H2,(H,12,13). The summed E-state index contributed by atoms with van der Waals surface area (Å²) in [6.45, 7) is 0. The summed E-state index contributed by atoms with van der Waals surface area (Å²) < 4.78 is 36.8. The molecular formula is C7H9BrF3NO. The zero-order chi connectivity index (χ0) is 10.1. The van der Waals surface area contributed by atoms with E-state index in [1.165, 1.54) is 0 Å². The Kier molecular flexibility index (Phi) is 2.89. The summed E-state index contributed by atoms with van der Waals surface area (Å²) in [4.78, 5) is 10.9. The lowest BCUT2D eigenvalue weighted by Crippen LogP contribution is -2.47. The monoisotopic (exact) mass is 259 g/mol. The predicted molar refractivity (Wildman–Crippen MR) is 44.6 cm³/mol. The van der Waals surface area contributed by atoms with Crippen LogP contribution in [0.5, 0.6) is 0 Å². The highest BCUT2D eigenvalue weighted by atomic mass is 79.9. The number of hydrogen-bond acceptors (Lipinski definition) is 1. The Labute approximate surface area is 82.0 Å². The number of amides is 1. The molecule has 1 rings (SSSR count). The van der Waals surface area contributed by atoms with E-state index in [4.69, 9.17) is 0 Å². The Morgan fingerprint density at radius 2 is 2.00 bits per heavy atom. The molecule has 0 aromatic heterocycles. The minimum atomic E-state index is -4.31. The van der Waals surface area contributed by atoms with E-state index >= 15 is 0 Å². The van der Waals surface area contributed by atoms with Crippen LogP contribution in [0.3, 0.4) is 0 Å². The molecule has 0 saturated heterocycles. The molecule has 2 nitrogen and oxygen atoms in total. The minimum absolute atomic E-state index is 0.00449. The lowest BCUT2D eigenvalue weighted by Gasteiger charge is -2.20. The smallest absolute Gasteiger partial charge is 0.342 e. The molecule has 1 N–H and O–H groups in total. The van der Waals surface area contributed by atoms with Crippen LogP contribution in [0.1, 0.15) is 19.3 Å². The number of hydrogen-bond donors (Lipinski definition) is 1. The molecule has 0 aromatic rings. The van der Waals surface area contributed by atoms with E-state index in [-0.39, 0.29) is 19.3 Å². The highest BCUT2D eigenvalue weighted by molar-refractivity contribution is 9.09. The van der Waals surface area contributed by atoms with E-state index in [0.29, 0.717) is 5.33 Å². The molecule has 0 aromatic carbocycles. The summed E-state index contributed by atoms with van der Waals surface area (Å²) in [5.74, 6) is -0.549. The molecule has 76 valence electrons. The number of alkyl halides is 4. The van der Waals surface area contributed by atoms with Crippen molar-refractivity contribution in [3.63, 3.8) is 0 Å². The van der Waals surface area contributed by atoms with Gasteiger partial charge in [0, 0.05) is 11.8 Å². The quantitative estimate of drug-likeness (QED) is 0.772. The molecule has 0 heterocycles. The first kappa shape index (κ1) is 10.8. The Morgan fingerprint density at radius 3 is 2.31 bits per heavy atom.